The molecule has 53 heavy (non-hydrogen) atoms. The largest absolute Gasteiger partial charge is 0.495 e. The molecule has 1 aromatic rings. The Hall–Kier alpha value is -3.65. The minimum absolute atomic E-state index is 0.0418. The molecule has 0 aromatic heterocycles. The number of epoxide rings is 1. The van der Waals surface area contributed by atoms with E-state index in [1.807, 2.05) is 19.9 Å². The van der Waals surface area contributed by atoms with Crippen LogP contribution in [0.2, 0.25) is 5.02 Å². The predicted molar refractivity (Wildman–Crippen MR) is 200 cm³/mol. The highest BCUT2D eigenvalue weighted by Crippen LogP contribution is 2.49. The third kappa shape index (κ3) is 9.72. The molecule has 1 aromatic carbocycles. The number of amides is 3. The van der Waals surface area contributed by atoms with E-state index >= 15 is 0 Å². The molecule has 4 rings (SSSR count). The Kier molecular flexibility index (Phi) is 14.0. The lowest BCUT2D eigenvalue weighted by atomic mass is 9.83. The van der Waals surface area contributed by atoms with Crippen LogP contribution < -0.4 is 15.0 Å². The number of ether oxygens (including phenoxy) is 5. The van der Waals surface area contributed by atoms with Gasteiger partial charge in [0.1, 0.15) is 40.7 Å². The smallest absolute Gasteiger partial charge is 0.409 e. The number of rotatable bonds is 10. The molecule has 0 saturated carbocycles. The number of hydrogen-bond donors (Lipinski definition) is 2. The number of aliphatic hydroxyl groups is 1. The molecule has 0 spiro atoms. The predicted octanol–water partition coefficient (Wildman–Crippen LogP) is 5.48. The van der Waals surface area contributed by atoms with E-state index in [1.54, 1.807) is 52.2 Å². The van der Waals surface area contributed by atoms with Gasteiger partial charge in [0.15, 0.2) is 5.72 Å². The molecule has 8 atom stereocenters. The second-order valence-electron chi connectivity index (χ2n) is 14.7. The number of carbonyl (C=O) groups is 4. The lowest BCUT2D eigenvalue weighted by Gasteiger charge is -2.42. The fraction of sp³-hybridized carbons (Fsp3) is 0.641. The zero-order chi connectivity index (χ0) is 39.2. The number of unbranched alkanes of at least 4 members (excludes halogenated alkanes) is 3. The molecule has 4 bridgehead atoms. The molecule has 294 valence electrons. The first-order chi connectivity index (χ1) is 25.0. The summed E-state index contributed by atoms with van der Waals surface area (Å²) >= 11 is 6.76. The van der Waals surface area contributed by atoms with Crippen LogP contribution in [-0.4, -0.2) is 104 Å². The highest BCUT2D eigenvalue weighted by molar-refractivity contribution is 6.35. The standard InChI is InChI=1S/C39H56ClN3O10/c1-10-11-12-13-17-32(44)42(6)25(4)36(46)52-31-21-33(45)43(7)27-19-26(20-28(49-8)34(27)40)18-23(2)15-14-16-30(50-9)39(48)22-29(51-37(47)41-39)24(3)35-38(31,5)53-35/h14-16,19-20,24-25,29-31,35,48H,10-13,17-18,21-22H2,1-9H3,(H,41,47)/b16-14+,23-15+/t24-,25+,29?,30-,31+,35+,38+,39+/m1/s1. The van der Waals surface area contributed by atoms with Crippen LogP contribution in [-0.2, 0) is 39.8 Å². The van der Waals surface area contributed by atoms with Crippen molar-refractivity contribution in [2.75, 3.05) is 33.2 Å². The molecule has 0 aliphatic carbocycles. The van der Waals surface area contributed by atoms with Crippen molar-refractivity contribution in [3.63, 3.8) is 0 Å². The number of esters is 1. The minimum atomic E-state index is -1.82. The first-order valence-corrected chi connectivity index (χ1v) is 18.7. The average molecular weight is 762 g/mol. The highest BCUT2D eigenvalue weighted by Gasteiger charge is 2.64. The summed E-state index contributed by atoms with van der Waals surface area (Å²) in [6.07, 6.45) is 5.05. The normalized spacial score (nSPS) is 31.2. The number of likely N-dealkylation sites (N-methyl/N-ethyl adjacent to an activating group) is 1. The summed E-state index contributed by atoms with van der Waals surface area (Å²) in [5.41, 5.74) is -0.866. The molecule has 3 aliphatic rings. The maximum absolute atomic E-state index is 14.1. The van der Waals surface area contributed by atoms with E-state index in [0.717, 1.165) is 36.8 Å². The van der Waals surface area contributed by atoms with Crippen LogP contribution >= 0.6 is 11.6 Å². The summed E-state index contributed by atoms with van der Waals surface area (Å²) in [5, 5.41) is 14.5. The Morgan fingerprint density at radius 3 is 2.58 bits per heavy atom. The van der Waals surface area contributed by atoms with E-state index in [-0.39, 0.29) is 23.8 Å². The van der Waals surface area contributed by atoms with Gasteiger partial charge in [0.25, 0.3) is 0 Å². The highest BCUT2D eigenvalue weighted by atomic mass is 35.5. The molecule has 1 unspecified atom stereocenters. The number of carbonyl (C=O) groups excluding carboxylic acids is 4. The van der Waals surface area contributed by atoms with Crippen LogP contribution in [0.4, 0.5) is 10.5 Å². The van der Waals surface area contributed by atoms with Gasteiger partial charge in [0.05, 0.1) is 25.3 Å². The van der Waals surface area contributed by atoms with Crippen molar-refractivity contribution >= 4 is 41.2 Å². The number of nitrogens with zero attached hydrogens (tertiary/aromatic N) is 2. The third-order valence-electron chi connectivity index (χ3n) is 10.8. The van der Waals surface area contributed by atoms with E-state index in [1.165, 1.54) is 24.0 Å². The number of halogens is 1. The van der Waals surface area contributed by atoms with Crippen LogP contribution in [0.25, 0.3) is 0 Å². The summed E-state index contributed by atoms with van der Waals surface area (Å²) in [6, 6.07) is 2.66. The fourth-order valence-corrected chi connectivity index (χ4v) is 7.41. The molecule has 13 nitrogen and oxygen atoms in total. The van der Waals surface area contributed by atoms with E-state index < -0.39 is 65.7 Å². The van der Waals surface area contributed by atoms with Gasteiger partial charge in [-0.3, -0.25) is 14.9 Å². The van der Waals surface area contributed by atoms with Crippen LogP contribution in [0.5, 0.6) is 5.75 Å². The molecule has 2 N–H and O–H groups in total. The second-order valence-corrected chi connectivity index (χ2v) is 15.1. The van der Waals surface area contributed by atoms with Crippen molar-refractivity contribution in [3.8, 4) is 5.75 Å². The number of allylic oxidation sites excluding steroid dienone is 3. The van der Waals surface area contributed by atoms with Gasteiger partial charge in [-0.05, 0) is 51.3 Å². The lowest BCUT2D eigenvalue weighted by molar-refractivity contribution is -0.162. The number of nitrogens with one attached hydrogen (secondary N) is 1. The van der Waals surface area contributed by atoms with Gasteiger partial charge in [-0.2, -0.15) is 0 Å². The average Bonchev–Trinajstić information content (AvgIpc) is 3.81. The number of methoxy groups -OCH3 is 2. The Morgan fingerprint density at radius 1 is 1.21 bits per heavy atom. The molecule has 14 heteroatoms. The van der Waals surface area contributed by atoms with Gasteiger partial charge in [-0.25, -0.2) is 9.59 Å². The van der Waals surface area contributed by atoms with Crippen LogP contribution in [0, 0.1) is 5.92 Å². The molecule has 2 fully saturated rings. The van der Waals surface area contributed by atoms with Crippen LogP contribution in [0.3, 0.4) is 0 Å². The zero-order valence-corrected chi connectivity index (χ0v) is 33.2. The van der Waals surface area contributed by atoms with Gasteiger partial charge < -0.3 is 38.6 Å². The van der Waals surface area contributed by atoms with E-state index in [4.69, 9.17) is 35.3 Å². The number of alkyl carbamates (subject to hydrolysis) is 1. The van der Waals surface area contributed by atoms with E-state index in [0.29, 0.717) is 24.3 Å². The van der Waals surface area contributed by atoms with Gasteiger partial charge in [-0.1, -0.05) is 68.5 Å². The van der Waals surface area contributed by atoms with Crippen molar-refractivity contribution in [1.82, 2.24) is 10.2 Å². The summed E-state index contributed by atoms with van der Waals surface area (Å²) in [6.45, 7) is 9.15. The monoisotopic (exact) mass is 761 g/mol. The van der Waals surface area contributed by atoms with E-state index in [9.17, 15) is 24.3 Å². The lowest BCUT2D eigenvalue weighted by Crippen LogP contribution is -2.63. The third-order valence-corrected chi connectivity index (χ3v) is 11.1. The van der Waals surface area contributed by atoms with Crippen LogP contribution in [0.15, 0.2) is 35.9 Å². The molecule has 3 amide bonds. The minimum Gasteiger partial charge on any atom is -0.495 e. The van der Waals surface area contributed by atoms with Crippen molar-refractivity contribution in [2.24, 2.45) is 5.92 Å². The maximum atomic E-state index is 14.1. The molecular weight excluding hydrogens is 706 g/mol. The summed E-state index contributed by atoms with van der Waals surface area (Å²) in [4.78, 5) is 56.5. The topological polar surface area (TPSA) is 156 Å². The zero-order valence-electron chi connectivity index (χ0n) is 32.4. The number of anilines is 1. The number of hydrogen-bond acceptors (Lipinski definition) is 10. The summed E-state index contributed by atoms with van der Waals surface area (Å²) in [7, 11) is 6.08. The van der Waals surface area contributed by atoms with Crippen LogP contribution in [0.1, 0.15) is 85.1 Å². The summed E-state index contributed by atoms with van der Waals surface area (Å²) < 4.78 is 29.3. The van der Waals surface area contributed by atoms with Crippen molar-refractivity contribution in [2.45, 2.75) is 128 Å². The van der Waals surface area contributed by atoms with E-state index in [2.05, 4.69) is 12.2 Å². The quantitative estimate of drug-likeness (QED) is 0.178. The summed E-state index contributed by atoms with van der Waals surface area (Å²) in [5.74, 6) is -1.43. The number of benzene rings is 1. The Balaban J connectivity index is 1.72. The Bertz CT molecular complexity index is 1580. The van der Waals surface area contributed by atoms with Crippen molar-refractivity contribution in [1.29, 1.82) is 0 Å². The van der Waals surface area contributed by atoms with Gasteiger partial charge in [0.2, 0.25) is 11.8 Å². The van der Waals surface area contributed by atoms with Crippen molar-refractivity contribution < 1.29 is 48.0 Å². The Morgan fingerprint density at radius 2 is 1.92 bits per heavy atom. The second kappa shape index (κ2) is 17.7. The fourth-order valence-electron chi connectivity index (χ4n) is 7.10. The van der Waals surface area contributed by atoms with Gasteiger partial charge in [-0.15, -0.1) is 0 Å². The van der Waals surface area contributed by atoms with Crippen molar-refractivity contribution in [3.05, 3.63) is 46.5 Å². The first-order valence-electron chi connectivity index (χ1n) is 18.3. The molecular formula is C39H56ClN3O10. The molecule has 0 radical (unpaired) electrons. The first kappa shape index (κ1) is 42.1. The molecule has 3 heterocycles. The molecule has 2 saturated heterocycles. The maximum Gasteiger partial charge on any atom is 0.409 e. The van der Waals surface area contributed by atoms with Gasteiger partial charge in [0, 0.05) is 40.0 Å². The number of fused-ring (bicyclic) bond motifs is 5. The molecule has 3 aliphatic heterocycles. The Labute approximate surface area is 317 Å². The van der Waals surface area contributed by atoms with Gasteiger partial charge >= 0.3 is 12.1 Å². The SMILES string of the molecule is CCCCCCC(=O)N(C)[C@@H](C)C(=O)O[C@H]1CC(=O)N(C)c2cc(cc(OC)c2Cl)C/C(C)=C/C=C/[C@@H](OC)[C@@]2(O)CC(OC(=O)N2)[C@@H](C)[C@@H]2O[C@@]12C.